The number of ketones is 2. The minimum Gasteiger partial charge on any atom is -0.481 e. The molecular weight excluding hydrogens is 424 g/mol. The van der Waals surface area contributed by atoms with Crippen LogP contribution in [0.25, 0.3) is 0 Å². The van der Waals surface area contributed by atoms with Gasteiger partial charge in [0.05, 0.1) is 5.41 Å². The smallest absolute Gasteiger partial charge is 0.314 e. The molecule has 4 heteroatoms. The molecule has 34 heavy (non-hydrogen) atoms. The van der Waals surface area contributed by atoms with Gasteiger partial charge in [0.25, 0.3) is 0 Å². The van der Waals surface area contributed by atoms with E-state index >= 15 is 0 Å². The van der Waals surface area contributed by atoms with Gasteiger partial charge in [0.15, 0.2) is 0 Å². The number of allylic oxidation sites excluding steroid dienone is 1. The van der Waals surface area contributed by atoms with E-state index in [9.17, 15) is 19.5 Å². The highest BCUT2D eigenvalue weighted by molar-refractivity contribution is 5.95. The lowest BCUT2D eigenvalue weighted by Crippen LogP contribution is -2.66. The van der Waals surface area contributed by atoms with Gasteiger partial charge in [0, 0.05) is 23.7 Å². The Morgan fingerprint density at radius 2 is 1.50 bits per heavy atom. The predicted octanol–water partition coefficient (Wildman–Crippen LogP) is 6.62. The van der Waals surface area contributed by atoms with Gasteiger partial charge >= 0.3 is 5.97 Å². The number of rotatable bonds is 1. The fourth-order valence-electron chi connectivity index (χ4n) is 10.3. The summed E-state index contributed by atoms with van der Waals surface area (Å²) in [5.41, 5.74) is -0.541. The van der Waals surface area contributed by atoms with Gasteiger partial charge in [-0.05, 0) is 92.8 Å². The van der Waals surface area contributed by atoms with Crippen molar-refractivity contribution in [2.24, 2.45) is 50.2 Å². The van der Waals surface area contributed by atoms with Crippen LogP contribution in [0.5, 0.6) is 0 Å². The largest absolute Gasteiger partial charge is 0.481 e. The summed E-state index contributed by atoms with van der Waals surface area (Å²) in [5.74, 6) is 0.866. The molecule has 0 radical (unpaired) electrons. The molecule has 4 nitrogen and oxygen atoms in total. The number of aliphatic carboxylic acids is 1. The van der Waals surface area contributed by atoms with Gasteiger partial charge in [-0.2, -0.15) is 0 Å². The highest BCUT2D eigenvalue weighted by atomic mass is 16.4. The Morgan fingerprint density at radius 3 is 2.15 bits per heavy atom. The Labute approximate surface area is 205 Å². The maximum Gasteiger partial charge on any atom is 0.314 e. The minimum absolute atomic E-state index is 0.0107. The lowest BCUT2D eigenvalue weighted by Gasteiger charge is -2.71. The molecule has 7 atom stereocenters. The third-order valence-electron chi connectivity index (χ3n) is 12.7. The number of carbonyl (C=O) groups excluding carboxylic acids is 2. The van der Waals surface area contributed by atoms with Crippen LogP contribution in [0, 0.1) is 50.2 Å². The highest BCUT2D eigenvalue weighted by Crippen LogP contribution is 2.76. The molecule has 0 aliphatic heterocycles. The summed E-state index contributed by atoms with van der Waals surface area (Å²) < 4.78 is 0. The van der Waals surface area contributed by atoms with Crippen LogP contribution in [-0.2, 0) is 14.4 Å². The van der Waals surface area contributed by atoms with E-state index in [1.165, 1.54) is 0 Å². The van der Waals surface area contributed by atoms with Gasteiger partial charge in [0.1, 0.15) is 11.6 Å². The third kappa shape index (κ3) is 2.69. The van der Waals surface area contributed by atoms with Crippen molar-refractivity contribution in [3.8, 4) is 0 Å². The standard InChI is InChI=1S/C30H44O4/c1-25(2)16-19-18-8-9-21-27(5)12-11-22(31)26(3,4)20(27)10-13-29(21,7)28(18,6)14-15-30(19,24(33)34)17-23(25)32/h16,18,20-21H,8-15,17H2,1-7H3,(H,33,34). The third-order valence-corrected chi connectivity index (χ3v) is 12.7. The van der Waals surface area contributed by atoms with E-state index in [-0.39, 0.29) is 39.8 Å². The summed E-state index contributed by atoms with van der Waals surface area (Å²) in [6.45, 7) is 15.7. The molecule has 5 aliphatic carbocycles. The second kappa shape index (κ2) is 6.85. The maximum absolute atomic E-state index is 13.0. The van der Waals surface area contributed by atoms with Gasteiger partial charge in [-0.15, -0.1) is 0 Å². The quantitative estimate of drug-likeness (QED) is 0.439. The Bertz CT molecular complexity index is 1000. The molecule has 0 heterocycles. The molecule has 0 amide bonds. The maximum atomic E-state index is 13.0. The number of Topliss-reactive ketones (excluding diaryl/α,β-unsaturated/α-hetero) is 2. The van der Waals surface area contributed by atoms with Gasteiger partial charge in [-0.1, -0.05) is 46.3 Å². The van der Waals surface area contributed by atoms with E-state index < -0.39 is 16.8 Å². The fourth-order valence-corrected chi connectivity index (χ4v) is 10.3. The monoisotopic (exact) mass is 468 g/mol. The Kier molecular flexibility index (Phi) is 4.89. The number of carboxylic acid groups (broad SMARTS) is 1. The molecule has 0 aromatic carbocycles. The first-order chi connectivity index (χ1) is 15.6. The molecule has 4 saturated carbocycles. The number of fused-ring (bicyclic) bond motifs is 7. The zero-order chi connectivity index (χ0) is 25.1. The summed E-state index contributed by atoms with van der Waals surface area (Å²) in [7, 11) is 0. The van der Waals surface area contributed by atoms with Crippen LogP contribution in [0.1, 0.15) is 106 Å². The summed E-state index contributed by atoms with van der Waals surface area (Å²) in [4.78, 5) is 38.6. The summed E-state index contributed by atoms with van der Waals surface area (Å²) >= 11 is 0. The van der Waals surface area contributed by atoms with Crippen LogP contribution in [0.3, 0.4) is 0 Å². The van der Waals surface area contributed by atoms with Crippen molar-refractivity contribution in [3.05, 3.63) is 11.6 Å². The van der Waals surface area contributed by atoms with E-state index in [0.29, 0.717) is 30.5 Å². The normalized spacial score (nSPS) is 49.1. The van der Waals surface area contributed by atoms with Crippen molar-refractivity contribution >= 4 is 17.5 Å². The van der Waals surface area contributed by atoms with Crippen LogP contribution >= 0.6 is 0 Å². The van der Waals surface area contributed by atoms with E-state index in [1.54, 1.807) is 0 Å². The zero-order valence-electron chi connectivity index (χ0n) is 22.3. The lowest BCUT2D eigenvalue weighted by molar-refractivity contribution is -0.213. The minimum atomic E-state index is -1.01. The zero-order valence-corrected chi connectivity index (χ0v) is 22.3. The highest BCUT2D eigenvalue weighted by Gasteiger charge is 2.70. The molecule has 1 N–H and O–H groups in total. The molecule has 5 aliphatic rings. The fraction of sp³-hybridized carbons (Fsp3) is 0.833. The average molecular weight is 469 g/mol. The van der Waals surface area contributed by atoms with Crippen LogP contribution in [0.4, 0.5) is 0 Å². The van der Waals surface area contributed by atoms with Crippen molar-refractivity contribution in [1.29, 1.82) is 0 Å². The molecule has 0 saturated heterocycles. The SMILES string of the molecule is CC1(C)C=C2C3CCC4C5(C)CCC(=O)C(C)(C)C5CCC4(C)C3(C)CCC2(C(=O)O)CC1=O. The summed E-state index contributed by atoms with van der Waals surface area (Å²) in [6, 6.07) is 0. The Balaban J connectivity index is 1.60. The molecule has 188 valence electrons. The molecule has 5 rings (SSSR count). The predicted molar refractivity (Wildman–Crippen MR) is 132 cm³/mol. The van der Waals surface area contributed by atoms with E-state index in [1.807, 2.05) is 13.8 Å². The number of carboxylic acids is 1. The van der Waals surface area contributed by atoms with Crippen molar-refractivity contribution in [3.63, 3.8) is 0 Å². The second-order valence-corrected chi connectivity index (χ2v) is 14.6. The second-order valence-electron chi connectivity index (χ2n) is 14.6. The van der Waals surface area contributed by atoms with Gasteiger partial charge in [-0.3, -0.25) is 14.4 Å². The van der Waals surface area contributed by atoms with Crippen molar-refractivity contribution in [1.82, 2.24) is 0 Å². The molecular formula is C30H44O4. The lowest BCUT2D eigenvalue weighted by atomic mass is 9.32. The molecule has 4 fully saturated rings. The first-order valence-electron chi connectivity index (χ1n) is 13.6. The van der Waals surface area contributed by atoms with Gasteiger partial charge in [0.2, 0.25) is 0 Å². The van der Waals surface area contributed by atoms with Crippen molar-refractivity contribution in [2.75, 3.05) is 0 Å². The number of carbonyl (C=O) groups is 3. The molecule has 0 spiro atoms. The molecule has 7 unspecified atom stereocenters. The number of hydrogen-bond acceptors (Lipinski definition) is 3. The molecule has 0 aromatic rings. The van der Waals surface area contributed by atoms with Crippen LogP contribution < -0.4 is 0 Å². The Hall–Kier alpha value is -1.45. The average Bonchev–Trinajstić information content (AvgIpc) is 2.72. The van der Waals surface area contributed by atoms with E-state index in [2.05, 4.69) is 40.7 Å². The van der Waals surface area contributed by atoms with Crippen molar-refractivity contribution in [2.45, 2.75) is 106 Å². The summed E-state index contributed by atoms with van der Waals surface area (Å²) in [6.07, 6.45) is 9.61. The van der Waals surface area contributed by atoms with E-state index in [4.69, 9.17) is 0 Å². The van der Waals surface area contributed by atoms with Crippen LogP contribution in [0.15, 0.2) is 11.6 Å². The molecule has 0 aromatic heterocycles. The number of hydrogen-bond donors (Lipinski definition) is 1. The van der Waals surface area contributed by atoms with Gasteiger partial charge < -0.3 is 5.11 Å². The molecule has 0 bridgehead atoms. The topological polar surface area (TPSA) is 71.4 Å². The van der Waals surface area contributed by atoms with Crippen molar-refractivity contribution < 1.29 is 19.5 Å². The van der Waals surface area contributed by atoms with E-state index in [0.717, 1.165) is 44.1 Å². The Morgan fingerprint density at radius 1 is 0.824 bits per heavy atom. The first kappa shape index (κ1) is 24.3. The summed E-state index contributed by atoms with van der Waals surface area (Å²) in [5, 5.41) is 10.4. The first-order valence-corrected chi connectivity index (χ1v) is 13.6. The van der Waals surface area contributed by atoms with Gasteiger partial charge in [-0.25, -0.2) is 0 Å². The van der Waals surface area contributed by atoms with Crippen LogP contribution in [-0.4, -0.2) is 22.6 Å². The van der Waals surface area contributed by atoms with Crippen LogP contribution in [0.2, 0.25) is 0 Å².